The van der Waals surface area contributed by atoms with Gasteiger partial charge in [-0.25, -0.2) is 15.0 Å². The van der Waals surface area contributed by atoms with E-state index in [0.29, 0.717) is 5.82 Å². The Morgan fingerprint density at radius 2 is 1.89 bits per heavy atom. The molecular weight excluding hydrogens is 470 g/mol. The number of hydrogen-bond acceptors (Lipinski definition) is 11. The number of ether oxygens (including phenoxy) is 1. The standard InChI is InChI=1S/C10H13N5O5.C9H8N2.C3H4N2/c11-10-13-7-4(8(19)14-10)12-2-15(7)9-6(18)5(17)3(1-16)20-9;10-9-6-5-7-3-1-2-4-8(7)11-9;1-2-5-3-4-1/h2-3,5-6,9,16-18H,1H2,(H3,11,13,14,19);1-6H,(H2,10,11);1-3H,(H,4,5)/t3-,5-,6-,9-;;/m1../s1. The largest absolute Gasteiger partial charge is 0.394 e. The van der Waals surface area contributed by atoms with Crippen LogP contribution in [0, 0.1) is 0 Å². The number of aliphatic hydroxyl groups excluding tert-OH is 3. The Balaban J connectivity index is 0.000000157. The number of pyridine rings is 1. The number of nitrogens with two attached hydrogens (primary N) is 2. The number of H-pyrrole nitrogens is 2. The summed E-state index contributed by atoms with van der Waals surface area (Å²) in [6.07, 6.45) is 1.87. The third-order valence-corrected chi connectivity index (χ3v) is 5.27. The summed E-state index contributed by atoms with van der Waals surface area (Å²) in [5.41, 5.74) is 11.6. The Kier molecular flexibility index (Phi) is 7.50. The van der Waals surface area contributed by atoms with Gasteiger partial charge >= 0.3 is 0 Å². The third-order valence-electron chi connectivity index (χ3n) is 5.27. The smallest absolute Gasteiger partial charge is 0.280 e. The first-order valence-electron chi connectivity index (χ1n) is 10.8. The topological polar surface area (TPSA) is 227 Å². The van der Waals surface area contributed by atoms with Crippen LogP contribution in [-0.4, -0.2) is 74.7 Å². The number of nitrogen functional groups attached to an aromatic ring is 2. The number of rotatable bonds is 2. The van der Waals surface area contributed by atoms with Gasteiger partial charge in [0, 0.05) is 17.8 Å². The Bertz CT molecular complexity index is 1450. The van der Waals surface area contributed by atoms with Crippen molar-refractivity contribution in [3.8, 4) is 0 Å². The Hall–Kier alpha value is -4.37. The fraction of sp³-hybridized carbons (Fsp3) is 0.227. The lowest BCUT2D eigenvalue weighted by Crippen LogP contribution is -2.33. The minimum absolute atomic E-state index is 0.0388. The van der Waals surface area contributed by atoms with Gasteiger partial charge in [-0.05, 0) is 18.2 Å². The molecule has 4 aromatic heterocycles. The highest BCUT2D eigenvalue weighted by Crippen LogP contribution is 2.30. The van der Waals surface area contributed by atoms with Crippen molar-refractivity contribution < 1.29 is 20.1 Å². The number of benzene rings is 1. The van der Waals surface area contributed by atoms with Crippen LogP contribution in [-0.2, 0) is 4.74 Å². The number of nitrogens with zero attached hydrogens (tertiary/aromatic N) is 5. The Morgan fingerprint density at radius 3 is 2.56 bits per heavy atom. The molecule has 0 radical (unpaired) electrons. The molecule has 1 fully saturated rings. The van der Waals surface area contributed by atoms with E-state index in [1.165, 1.54) is 10.9 Å². The summed E-state index contributed by atoms with van der Waals surface area (Å²) in [6.45, 7) is -0.447. The number of anilines is 2. The van der Waals surface area contributed by atoms with Gasteiger partial charge in [0.15, 0.2) is 17.4 Å². The van der Waals surface area contributed by atoms with Gasteiger partial charge in [-0.2, -0.15) is 4.98 Å². The third kappa shape index (κ3) is 5.31. The van der Waals surface area contributed by atoms with E-state index in [9.17, 15) is 15.0 Å². The highest BCUT2D eigenvalue weighted by molar-refractivity contribution is 5.79. The summed E-state index contributed by atoms with van der Waals surface area (Å²) in [7, 11) is 0. The summed E-state index contributed by atoms with van der Waals surface area (Å²) in [6, 6.07) is 11.7. The fourth-order valence-electron chi connectivity index (χ4n) is 3.54. The summed E-state index contributed by atoms with van der Waals surface area (Å²) < 4.78 is 6.64. The number of aromatic amines is 2. The Labute approximate surface area is 203 Å². The van der Waals surface area contributed by atoms with E-state index in [2.05, 4.69) is 29.9 Å². The zero-order valence-electron chi connectivity index (χ0n) is 18.8. The van der Waals surface area contributed by atoms with Crippen LogP contribution < -0.4 is 17.0 Å². The number of para-hydroxylation sites is 1. The van der Waals surface area contributed by atoms with Crippen molar-refractivity contribution in [2.24, 2.45) is 0 Å². The maximum absolute atomic E-state index is 11.7. The van der Waals surface area contributed by atoms with E-state index in [1.807, 2.05) is 36.4 Å². The van der Waals surface area contributed by atoms with Crippen LogP contribution in [0.25, 0.3) is 22.1 Å². The molecule has 1 aliphatic rings. The highest BCUT2D eigenvalue weighted by Gasteiger charge is 2.44. The van der Waals surface area contributed by atoms with E-state index in [1.54, 1.807) is 18.7 Å². The molecule has 6 rings (SSSR count). The van der Waals surface area contributed by atoms with Gasteiger partial charge in [0.25, 0.3) is 5.56 Å². The number of hydrogen-bond donors (Lipinski definition) is 7. The molecule has 1 saturated heterocycles. The molecule has 0 amide bonds. The first-order chi connectivity index (χ1) is 17.4. The van der Waals surface area contributed by atoms with E-state index in [-0.39, 0.29) is 17.1 Å². The molecule has 36 heavy (non-hydrogen) atoms. The minimum Gasteiger partial charge on any atom is -0.394 e. The predicted molar refractivity (Wildman–Crippen MR) is 130 cm³/mol. The average Bonchev–Trinajstić information content (AvgIpc) is 3.63. The van der Waals surface area contributed by atoms with Crippen LogP contribution in [0.3, 0.4) is 0 Å². The SMILES string of the molecule is Nc1ccc2ccccc2n1.Nc1nc2c(ncn2[C@@H]2O[C@H](CO)[C@@H](O)[C@H]2O)c(=O)[nH]1.c1c[nH]cn1. The lowest BCUT2D eigenvalue weighted by Gasteiger charge is -2.16. The van der Waals surface area contributed by atoms with Crippen LogP contribution in [0.1, 0.15) is 6.23 Å². The molecule has 0 aliphatic carbocycles. The number of aliphatic hydroxyl groups is 3. The fourth-order valence-corrected chi connectivity index (χ4v) is 3.54. The monoisotopic (exact) mass is 495 g/mol. The summed E-state index contributed by atoms with van der Waals surface area (Å²) in [5, 5.41) is 29.9. The number of imidazole rings is 2. The molecule has 0 unspecified atom stereocenters. The van der Waals surface area contributed by atoms with Crippen molar-refractivity contribution in [1.29, 1.82) is 0 Å². The average molecular weight is 496 g/mol. The zero-order valence-corrected chi connectivity index (χ0v) is 18.8. The Morgan fingerprint density at radius 1 is 1.08 bits per heavy atom. The van der Waals surface area contributed by atoms with Crippen molar-refractivity contribution in [3.63, 3.8) is 0 Å². The molecule has 1 aromatic carbocycles. The predicted octanol–water partition coefficient (Wildman–Crippen LogP) is -0.460. The van der Waals surface area contributed by atoms with Crippen LogP contribution in [0.5, 0.6) is 0 Å². The zero-order chi connectivity index (χ0) is 25.7. The van der Waals surface area contributed by atoms with Gasteiger partial charge in [0.2, 0.25) is 5.95 Å². The first-order valence-corrected chi connectivity index (χ1v) is 10.8. The maximum atomic E-state index is 11.7. The lowest BCUT2D eigenvalue weighted by molar-refractivity contribution is -0.0511. The summed E-state index contributed by atoms with van der Waals surface area (Å²) in [5.74, 6) is 0.472. The van der Waals surface area contributed by atoms with Crippen molar-refractivity contribution in [2.45, 2.75) is 24.5 Å². The molecule has 5 heterocycles. The second-order valence-corrected chi connectivity index (χ2v) is 7.69. The molecule has 0 bridgehead atoms. The van der Waals surface area contributed by atoms with Gasteiger partial charge in [-0.15, -0.1) is 0 Å². The second kappa shape index (κ2) is 10.9. The number of nitrogens with one attached hydrogen (secondary N) is 2. The first kappa shape index (κ1) is 24.7. The van der Waals surface area contributed by atoms with Gasteiger partial charge in [0.05, 0.1) is 24.8 Å². The van der Waals surface area contributed by atoms with E-state index in [4.69, 9.17) is 21.3 Å². The quantitative estimate of drug-likeness (QED) is 0.166. The molecule has 9 N–H and O–H groups in total. The second-order valence-electron chi connectivity index (χ2n) is 7.69. The van der Waals surface area contributed by atoms with Gasteiger partial charge in [-0.3, -0.25) is 14.3 Å². The van der Waals surface area contributed by atoms with E-state index in [0.717, 1.165) is 10.9 Å². The minimum atomic E-state index is -1.29. The van der Waals surface area contributed by atoms with Crippen molar-refractivity contribution in [3.05, 3.63) is 71.8 Å². The van der Waals surface area contributed by atoms with Gasteiger partial charge in [0.1, 0.15) is 24.1 Å². The molecule has 188 valence electrons. The van der Waals surface area contributed by atoms with E-state index < -0.39 is 36.7 Å². The molecular formula is C22H25N9O5. The van der Waals surface area contributed by atoms with Crippen molar-refractivity contribution in [2.75, 3.05) is 18.1 Å². The summed E-state index contributed by atoms with van der Waals surface area (Å²) in [4.78, 5) is 32.3. The molecule has 1 aliphatic heterocycles. The molecule has 0 spiro atoms. The van der Waals surface area contributed by atoms with Crippen molar-refractivity contribution >= 4 is 33.8 Å². The van der Waals surface area contributed by atoms with Crippen LogP contribution >= 0.6 is 0 Å². The number of aromatic nitrogens is 7. The highest BCUT2D eigenvalue weighted by atomic mass is 16.6. The molecule has 0 saturated carbocycles. The molecule has 4 atom stereocenters. The molecule has 5 aromatic rings. The number of fused-ring (bicyclic) bond motifs is 2. The lowest BCUT2D eigenvalue weighted by atomic mass is 10.1. The van der Waals surface area contributed by atoms with Gasteiger partial charge < -0.3 is 36.5 Å². The molecule has 14 nitrogen and oxygen atoms in total. The van der Waals surface area contributed by atoms with Gasteiger partial charge in [-0.1, -0.05) is 18.2 Å². The van der Waals surface area contributed by atoms with Crippen LogP contribution in [0.15, 0.2) is 66.2 Å². The van der Waals surface area contributed by atoms with E-state index >= 15 is 0 Å². The summed E-state index contributed by atoms with van der Waals surface area (Å²) >= 11 is 0. The van der Waals surface area contributed by atoms with Crippen LogP contribution in [0.2, 0.25) is 0 Å². The molecule has 14 heteroatoms. The normalized spacial score (nSPS) is 21.0. The maximum Gasteiger partial charge on any atom is 0.280 e. The van der Waals surface area contributed by atoms with Crippen molar-refractivity contribution in [1.82, 2.24) is 34.5 Å². The van der Waals surface area contributed by atoms with Crippen LogP contribution in [0.4, 0.5) is 11.8 Å².